The highest BCUT2D eigenvalue weighted by atomic mass is 35.5. The number of nitrogens with zero attached hydrogens (tertiary/aromatic N) is 3. The molecule has 1 aromatic heterocycles. The van der Waals surface area contributed by atoms with Gasteiger partial charge in [-0.2, -0.15) is 5.10 Å². The Kier molecular flexibility index (Phi) is 5.30. The van der Waals surface area contributed by atoms with E-state index < -0.39 is 0 Å². The lowest BCUT2D eigenvalue weighted by molar-refractivity contribution is 0.182. The molecule has 0 amide bonds. The van der Waals surface area contributed by atoms with Crippen LogP contribution in [0.4, 0.5) is 4.39 Å². The second-order valence-electron chi connectivity index (χ2n) is 6.21. The van der Waals surface area contributed by atoms with E-state index in [4.69, 9.17) is 11.6 Å². The Labute approximate surface area is 141 Å². The molecule has 0 saturated carbocycles. The lowest BCUT2D eigenvalue weighted by atomic mass is 10.0. The van der Waals surface area contributed by atoms with Crippen LogP contribution in [0.15, 0.2) is 30.6 Å². The van der Waals surface area contributed by atoms with Crippen molar-refractivity contribution in [2.24, 2.45) is 7.05 Å². The first-order chi connectivity index (χ1) is 11.1. The van der Waals surface area contributed by atoms with Crippen LogP contribution in [0.1, 0.15) is 24.0 Å². The molecule has 6 heteroatoms. The summed E-state index contributed by atoms with van der Waals surface area (Å²) in [6, 6.07) is 5.11. The summed E-state index contributed by atoms with van der Waals surface area (Å²) >= 11 is 6.14. The molecular weight excluding hydrogens is 315 g/mol. The second kappa shape index (κ2) is 7.43. The van der Waals surface area contributed by atoms with Crippen LogP contribution in [-0.4, -0.2) is 33.8 Å². The van der Waals surface area contributed by atoms with Gasteiger partial charge in [0, 0.05) is 49.5 Å². The van der Waals surface area contributed by atoms with Crippen LogP contribution >= 0.6 is 11.6 Å². The van der Waals surface area contributed by atoms with Crippen molar-refractivity contribution in [1.29, 1.82) is 0 Å². The third kappa shape index (κ3) is 4.53. The molecule has 2 aromatic rings. The molecule has 124 valence electrons. The smallest absolute Gasteiger partial charge is 0.124 e. The predicted molar refractivity (Wildman–Crippen MR) is 89.8 cm³/mol. The maximum atomic E-state index is 13.1. The molecule has 3 rings (SSSR count). The number of aromatic nitrogens is 2. The van der Waals surface area contributed by atoms with Crippen LogP contribution in [0.5, 0.6) is 0 Å². The molecule has 1 aromatic carbocycles. The van der Waals surface area contributed by atoms with Crippen molar-refractivity contribution in [3.8, 4) is 0 Å². The van der Waals surface area contributed by atoms with E-state index in [0.717, 1.165) is 38.2 Å². The van der Waals surface area contributed by atoms with Gasteiger partial charge < -0.3 is 5.32 Å². The number of halogens is 2. The zero-order valence-electron chi connectivity index (χ0n) is 13.3. The van der Waals surface area contributed by atoms with E-state index in [2.05, 4.69) is 15.3 Å². The molecule has 0 spiro atoms. The first-order valence-electron chi connectivity index (χ1n) is 7.97. The van der Waals surface area contributed by atoms with Gasteiger partial charge in [-0.1, -0.05) is 17.7 Å². The van der Waals surface area contributed by atoms with Gasteiger partial charge in [-0.3, -0.25) is 9.58 Å². The molecular formula is C17H22ClFN4. The predicted octanol–water partition coefficient (Wildman–Crippen LogP) is 2.97. The highest BCUT2D eigenvalue weighted by molar-refractivity contribution is 6.31. The van der Waals surface area contributed by atoms with E-state index in [9.17, 15) is 4.39 Å². The zero-order valence-corrected chi connectivity index (χ0v) is 14.1. The standard InChI is InChI=1S/C17H22ClFN4/c1-22-10-13(9-21-22)8-20-16-3-2-6-23(12-16)11-14-4-5-15(19)7-17(14)18/h4-5,7,9-10,16,20H,2-3,6,8,11-12H2,1H3. The summed E-state index contributed by atoms with van der Waals surface area (Å²) in [5.41, 5.74) is 2.19. The molecule has 1 saturated heterocycles. The number of aryl methyl sites for hydroxylation is 1. The SMILES string of the molecule is Cn1cc(CNC2CCCN(Cc3ccc(F)cc3Cl)C2)cn1. The number of rotatable bonds is 5. The minimum atomic E-state index is -0.284. The molecule has 0 aliphatic carbocycles. The molecule has 1 atom stereocenters. The van der Waals surface area contributed by atoms with Gasteiger partial charge in [0.2, 0.25) is 0 Å². The summed E-state index contributed by atoms with van der Waals surface area (Å²) in [6.07, 6.45) is 6.26. The minimum Gasteiger partial charge on any atom is -0.309 e. The fourth-order valence-corrected chi connectivity index (χ4v) is 3.31. The van der Waals surface area contributed by atoms with Crippen molar-refractivity contribution in [2.45, 2.75) is 32.0 Å². The van der Waals surface area contributed by atoms with E-state index in [1.165, 1.54) is 24.1 Å². The number of hydrogen-bond donors (Lipinski definition) is 1. The maximum Gasteiger partial charge on any atom is 0.124 e. The van der Waals surface area contributed by atoms with Crippen molar-refractivity contribution < 1.29 is 4.39 Å². The van der Waals surface area contributed by atoms with E-state index in [0.29, 0.717) is 11.1 Å². The number of piperidine rings is 1. The highest BCUT2D eigenvalue weighted by Crippen LogP contribution is 2.21. The van der Waals surface area contributed by atoms with E-state index in [-0.39, 0.29) is 5.82 Å². The Morgan fingerprint density at radius 3 is 3.04 bits per heavy atom. The van der Waals surface area contributed by atoms with Crippen molar-refractivity contribution in [3.05, 3.63) is 52.6 Å². The van der Waals surface area contributed by atoms with Gasteiger partial charge in [0.15, 0.2) is 0 Å². The first-order valence-corrected chi connectivity index (χ1v) is 8.35. The Morgan fingerprint density at radius 1 is 1.43 bits per heavy atom. The summed E-state index contributed by atoms with van der Waals surface area (Å²) in [7, 11) is 1.93. The molecule has 0 radical (unpaired) electrons. The molecule has 2 heterocycles. The number of nitrogens with one attached hydrogen (secondary N) is 1. The Hall–Kier alpha value is -1.43. The normalized spacial score (nSPS) is 19.2. The van der Waals surface area contributed by atoms with Crippen LogP contribution in [0.2, 0.25) is 5.02 Å². The van der Waals surface area contributed by atoms with Crippen molar-refractivity contribution in [1.82, 2.24) is 20.0 Å². The Balaban J connectivity index is 1.53. The maximum absolute atomic E-state index is 13.1. The van der Waals surface area contributed by atoms with Gasteiger partial charge in [0.25, 0.3) is 0 Å². The van der Waals surface area contributed by atoms with Gasteiger partial charge in [-0.25, -0.2) is 4.39 Å². The Bertz CT molecular complexity index is 658. The van der Waals surface area contributed by atoms with Crippen LogP contribution in [0.3, 0.4) is 0 Å². The number of likely N-dealkylation sites (tertiary alicyclic amines) is 1. The van der Waals surface area contributed by atoms with Gasteiger partial charge in [-0.15, -0.1) is 0 Å². The van der Waals surface area contributed by atoms with Crippen molar-refractivity contribution in [3.63, 3.8) is 0 Å². The fourth-order valence-electron chi connectivity index (χ4n) is 3.08. The molecule has 1 aliphatic rings. The second-order valence-corrected chi connectivity index (χ2v) is 6.62. The average molecular weight is 337 g/mol. The van der Waals surface area contributed by atoms with Crippen LogP contribution in [0.25, 0.3) is 0 Å². The van der Waals surface area contributed by atoms with Gasteiger partial charge >= 0.3 is 0 Å². The van der Waals surface area contributed by atoms with E-state index in [1.54, 1.807) is 6.07 Å². The third-order valence-corrected chi connectivity index (χ3v) is 4.62. The fraction of sp³-hybridized carbons (Fsp3) is 0.471. The summed E-state index contributed by atoms with van der Waals surface area (Å²) in [4.78, 5) is 2.38. The molecule has 1 N–H and O–H groups in total. The Morgan fingerprint density at radius 2 is 2.30 bits per heavy atom. The lowest BCUT2D eigenvalue weighted by Crippen LogP contribution is -2.45. The van der Waals surface area contributed by atoms with Crippen LogP contribution in [-0.2, 0) is 20.1 Å². The minimum absolute atomic E-state index is 0.284. The van der Waals surface area contributed by atoms with Crippen LogP contribution < -0.4 is 5.32 Å². The van der Waals surface area contributed by atoms with E-state index >= 15 is 0 Å². The topological polar surface area (TPSA) is 33.1 Å². The highest BCUT2D eigenvalue weighted by Gasteiger charge is 2.20. The lowest BCUT2D eigenvalue weighted by Gasteiger charge is -2.33. The van der Waals surface area contributed by atoms with Gasteiger partial charge in [0.1, 0.15) is 5.82 Å². The number of hydrogen-bond acceptors (Lipinski definition) is 3. The summed E-state index contributed by atoms with van der Waals surface area (Å²) < 4.78 is 15.0. The molecule has 1 fully saturated rings. The van der Waals surface area contributed by atoms with Crippen molar-refractivity contribution >= 4 is 11.6 Å². The van der Waals surface area contributed by atoms with Crippen LogP contribution in [0, 0.1) is 5.82 Å². The summed E-state index contributed by atoms with van der Waals surface area (Å²) in [6.45, 7) is 3.64. The summed E-state index contributed by atoms with van der Waals surface area (Å²) in [5, 5.41) is 8.30. The molecule has 23 heavy (non-hydrogen) atoms. The molecule has 0 bridgehead atoms. The van der Waals surface area contributed by atoms with Crippen molar-refractivity contribution in [2.75, 3.05) is 13.1 Å². The largest absolute Gasteiger partial charge is 0.309 e. The first kappa shape index (κ1) is 16.4. The zero-order chi connectivity index (χ0) is 16.2. The average Bonchev–Trinajstić information content (AvgIpc) is 2.94. The van der Waals surface area contributed by atoms with E-state index in [1.807, 2.05) is 24.1 Å². The van der Waals surface area contributed by atoms with Gasteiger partial charge in [-0.05, 0) is 37.1 Å². The van der Waals surface area contributed by atoms with Gasteiger partial charge in [0.05, 0.1) is 6.20 Å². The molecule has 1 unspecified atom stereocenters. The summed E-state index contributed by atoms with van der Waals surface area (Å²) in [5.74, 6) is -0.284. The monoisotopic (exact) mass is 336 g/mol. The molecule has 1 aliphatic heterocycles. The number of benzene rings is 1. The third-order valence-electron chi connectivity index (χ3n) is 4.27. The quantitative estimate of drug-likeness (QED) is 0.911. The molecule has 4 nitrogen and oxygen atoms in total.